The van der Waals surface area contributed by atoms with Crippen LogP contribution in [0.3, 0.4) is 0 Å². The molecule has 0 aromatic carbocycles. The van der Waals surface area contributed by atoms with Crippen molar-refractivity contribution in [2.24, 2.45) is 5.92 Å². The van der Waals surface area contributed by atoms with Gasteiger partial charge in [-0.2, -0.15) is 9.61 Å². The first kappa shape index (κ1) is 31.3. The summed E-state index contributed by atoms with van der Waals surface area (Å²) in [7, 11) is 0. The van der Waals surface area contributed by atoms with Crippen molar-refractivity contribution in [1.29, 1.82) is 0 Å². The molecule has 238 valence electrons. The zero-order valence-corrected chi connectivity index (χ0v) is 27.2. The van der Waals surface area contributed by atoms with Crippen LogP contribution in [0.1, 0.15) is 105 Å². The Kier molecular flexibility index (Phi) is 8.84. The molecular formula is C32H50N6O5. The zero-order valence-electron chi connectivity index (χ0n) is 27.2. The van der Waals surface area contributed by atoms with Gasteiger partial charge in [-0.1, -0.05) is 13.8 Å². The molecule has 43 heavy (non-hydrogen) atoms. The van der Waals surface area contributed by atoms with Crippen LogP contribution in [-0.4, -0.2) is 80.8 Å². The number of rotatable bonds is 6. The Morgan fingerprint density at radius 1 is 1.02 bits per heavy atom. The van der Waals surface area contributed by atoms with Crippen molar-refractivity contribution in [2.75, 3.05) is 30.0 Å². The average Bonchev–Trinajstić information content (AvgIpc) is 3.44. The van der Waals surface area contributed by atoms with Crippen LogP contribution in [0.25, 0.3) is 5.65 Å². The minimum absolute atomic E-state index is 0.0968. The molecule has 0 spiro atoms. The first-order valence-electron chi connectivity index (χ1n) is 15.9. The average molecular weight is 599 g/mol. The van der Waals surface area contributed by atoms with Crippen molar-refractivity contribution in [3.8, 4) is 0 Å². The van der Waals surface area contributed by atoms with Gasteiger partial charge in [0, 0.05) is 49.5 Å². The number of hydrogen-bond donors (Lipinski definition) is 1. The van der Waals surface area contributed by atoms with E-state index in [1.807, 2.05) is 58.7 Å². The molecule has 2 unspecified atom stereocenters. The van der Waals surface area contributed by atoms with Crippen LogP contribution >= 0.6 is 0 Å². The molecule has 11 nitrogen and oxygen atoms in total. The van der Waals surface area contributed by atoms with E-state index in [1.165, 1.54) is 0 Å². The highest BCUT2D eigenvalue weighted by Crippen LogP contribution is 2.41. The largest absolute Gasteiger partial charge is 0.444 e. The van der Waals surface area contributed by atoms with Gasteiger partial charge in [0.15, 0.2) is 5.65 Å². The fourth-order valence-corrected chi connectivity index (χ4v) is 6.58. The number of piperidine rings is 1. The van der Waals surface area contributed by atoms with Gasteiger partial charge in [0.05, 0.1) is 6.20 Å². The molecule has 2 atom stereocenters. The molecule has 3 fully saturated rings. The SMILES string of the molecule is CC(C)c1cnn2c(N(CC3CC4CCC(C3)N4C(=O)OC(C)(C)C)C(=O)OC(C)(C)C)cc(NC3CCOCC3)nc12. The lowest BCUT2D eigenvalue weighted by Gasteiger charge is -2.41. The lowest BCUT2D eigenvalue weighted by atomic mass is 9.90. The Hall–Kier alpha value is -3.08. The summed E-state index contributed by atoms with van der Waals surface area (Å²) in [6.07, 6.45) is 6.48. The molecule has 5 heterocycles. The number of nitrogens with zero attached hydrogens (tertiary/aromatic N) is 5. The van der Waals surface area contributed by atoms with E-state index in [4.69, 9.17) is 24.3 Å². The van der Waals surface area contributed by atoms with Crippen LogP contribution in [0, 0.1) is 5.92 Å². The number of amides is 2. The molecule has 0 saturated carbocycles. The molecule has 0 radical (unpaired) electrons. The van der Waals surface area contributed by atoms with Crippen molar-refractivity contribution in [2.45, 2.75) is 129 Å². The smallest absolute Gasteiger partial charge is 0.416 e. The van der Waals surface area contributed by atoms with E-state index in [9.17, 15) is 9.59 Å². The van der Waals surface area contributed by atoms with E-state index < -0.39 is 17.3 Å². The molecule has 2 amide bonds. The van der Waals surface area contributed by atoms with Gasteiger partial charge >= 0.3 is 12.2 Å². The Balaban J connectivity index is 1.47. The van der Waals surface area contributed by atoms with Crippen LogP contribution in [0.4, 0.5) is 21.2 Å². The van der Waals surface area contributed by atoms with Gasteiger partial charge < -0.3 is 24.4 Å². The molecule has 1 N–H and O–H groups in total. The van der Waals surface area contributed by atoms with E-state index >= 15 is 0 Å². The highest BCUT2D eigenvalue weighted by Gasteiger charge is 2.46. The van der Waals surface area contributed by atoms with Crippen molar-refractivity contribution >= 4 is 29.5 Å². The van der Waals surface area contributed by atoms with Gasteiger partial charge in [0.1, 0.15) is 22.8 Å². The normalized spacial score (nSPS) is 23.1. The first-order valence-corrected chi connectivity index (χ1v) is 15.9. The Morgan fingerprint density at radius 2 is 1.65 bits per heavy atom. The number of anilines is 2. The second-order valence-electron chi connectivity index (χ2n) is 14.7. The Bertz CT molecular complexity index is 1290. The second-order valence-corrected chi connectivity index (χ2v) is 14.7. The minimum atomic E-state index is -0.670. The van der Waals surface area contributed by atoms with E-state index in [-0.39, 0.29) is 36.1 Å². The maximum absolute atomic E-state index is 13.9. The Morgan fingerprint density at radius 3 is 2.23 bits per heavy atom. The summed E-state index contributed by atoms with van der Waals surface area (Å²) in [6, 6.07) is 2.36. The lowest BCUT2D eigenvalue weighted by Crippen LogP contribution is -2.51. The van der Waals surface area contributed by atoms with Crippen LogP contribution in [0.15, 0.2) is 12.3 Å². The van der Waals surface area contributed by atoms with Gasteiger partial charge in [0.2, 0.25) is 0 Å². The zero-order chi connectivity index (χ0) is 31.1. The maximum Gasteiger partial charge on any atom is 0.416 e. The number of nitrogens with one attached hydrogen (secondary N) is 1. The fraction of sp³-hybridized carbons (Fsp3) is 0.750. The van der Waals surface area contributed by atoms with Crippen molar-refractivity contribution in [3.63, 3.8) is 0 Å². The number of carbonyl (C=O) groups excluding carboxylic acids is 2. The minimum Gasteiger partial charge on any atom is -0.444 e. The van der Waals surface area contributed by atoms with E-state index in [0.717, 1.165) is 49.7 Å². The number of ether oxygens (including phenoxy) is 3. The van der Waals surface area contributed by atoms with Crippen LogP contribution in [0.2, 0.25) is 0 Å². The molecule has 5 rings (SSSR count). The van der Waals surface area contributed by atoms with E-state index in [1.54, 1.807) is 9.42 Å². The third kappa shape index (κ3) is 7.36. The van der Waals surface area contributed by atoms with E-state index in [2.05, 4.69) is 19.2 Å². The lowest BCUT2D eigenvalue weighted by molar-refractivity contribution is 0.00207. The summed E-state index contributed by atoms with van der Waals surface area (Å²) in [4.78, 5) is 35.7. The predicted molar refractivity (Wildman–Crippen MR) is 166 cm³/mol. The molecule has 3 aliphatic rings. The highest BCUT2D eigenvalue weighted by atomic mass is 16.6. The first-order chi connectivity index (χ1) is 20.2. The predicted octanol–water partition coefficient (Wildman–Crippen LogP) is 6.36. The van der Waals surface area contributed by atoms with Crippen molar-refractivity contribution in [3.05, 3.63) is 17.8 Å². The number of fused-ring (bicyclic) bond motifs is 3. The second kappa shape index (κ2) is 12.1. The standard InChI is InChI=1S/C32H50N6O5/c1-20(2)25-18-33-38-27(17-26(35-28(25)38)34-22-11-13-41-14-12-22)36(29(39)42-31(3,4)5)19-21-15-23-9-10-24(16-21)37(23)30(40)43-32(6,7)8/h17-18,20-24H,9-16,19H2,1-8H3,(H,34,35). The van der Waals surface area contributed by atoms with Crippen molar-refractivity contribution < 1.29 is 23.8 Å². The summed E-state index contributed by atoms with van der Waals surface area (Å²) >= 11 is 0. The van der Waals surface area contributed by atoms with Gasteiger partial charge in [0.25, 0.3) is 0 Å². The molecule has 3 saturated heterocycles. The quantitative estimate of drug-likeness (QED) is 0.409. The molecule has 2 aromatic rings. The summed E-state index contributed by atoms with van der Waals surface area (Å²) in [5.74, 6) is 1.73. The topological polar surface area (TPSA) is 111 Å². The Labute approximate surface area is 255 Å². The van der Waals surface area contributed by atoms with Gasteiger partial charge in [-0.05, 0) is 91.9 Å². The number of hydrogen-bond acceptors (Lipinski definition) is 8. The summed E-state index contributed by atoms with van der Waals surface area (Å²) in [6.45, 7) is 17.5. The van der Waals surface area contributed by atoms with E-state index in [0.29, 0.717) is 31.4 Å². The molecule has 11 heteroatoms. The van der Waals surface area contributed by atoms with Gasteiger partial charge in [-0.15, -0.1) is 0 Å². The molecule has 3 aliphatic heterocycles. The molecular weight excluding hydrogens is 548 g/mol. The molecule has 2 bridgehead atoms. The summed E-state index contributed by atoms with van der Waals surface area (Å²) < 4.78 is 19.1. The van der Waals surface area contributed by atoms with Crippen LogP contribution in [0.5, 0.6) is 0 Å². The highest BCUT2D eigenvalue weighted by molar-refractivity contribution is 5.88. The maximum atomic E-state index is 13.9. The van der Waals surface area contributed by atoms with Crippen LogP contribution in [-0.2, 0) is 14.2 Å². The fourth-order valence-electron chi connectivity index (χ4n) is 6.58. The summed E-state index contributed by atoms with van der Waals surface area (Å²) in [5, 5.41) is 8.33. The third-order valence-corrected chi connectivity index (χ3v) is 8.44. The molecule has 0 aliphatic carbocycles. The summed E-state index contributed by atoms with van der Waals surface area (Å²) in [5.41, 5.74) is 0.541. The third-order valence-electron chi connectivity index (χ3n) is 8.44. The van der Waals surface area contributed by atoms with Crippen LogP contribution < -0.4 is 10.2 Å². The monoisotopic (exact) mass is 598 g/mol. The van der Waals surface area contributed by atoms with Crippen molar-refractivity contribution in [1.82, 2.24) is 19.5 Å². The van der Waals surface area contributed by atoms with Gasteiger partial charge in [-0.3, -0.25) is 4.90 Å². The molecule has 2 aromatic heterocycles. The number of carbonyl (C=O) groups is 2. The van der Waals surface area contributed by atoms with Gasteiger partial charge in [-0.25, -0.2) is 14.6 Å². The number of aromatic nitrogens is 3.